The van der Waals surface area contributed by atoms with Gasteiger partial charge in [-0.25, -0.2) is 0 Å². The number of piperidine rings is 2. The van der Waals surface area contributed by atoms with Gasteiger partial charge in [0.25, 0.3) is 0 Å². The van der Waals surface area contributed by atoms with Crippen molar-refractivity contribution in [3.05, 3.63) is 0 Å². The van der Waals surface area contributed by atoms with Gasteiger partial charge >= 0.3 is 0 Å². The molecule has 4 nitrogen and oxygen atoms in total. The summed E-state index contributed by atoms with van der Waals surface area (Å²) in [5.41, 5.74) is 0.307. The maximum absolute atomic E-state index is 12.6. The molecule has 0 radical (unpaired) electrons. The Balaban J connectivity index is 1.93. The maximum Gasteiger partial charge on any atom is 0.239 e. The van der Waals surface area contributed by atoms with Crippen LogP contribution in [-0.2, 0) is 4.79 Å². The quantitative estimate of drug-likeness (QED) is 0.852. The van der Waals surface area contributed by atoms with Gasteiger partial charge in [-0.1, -0.05) is 20.8 Å². The van der Waals surface area contributed by atoms with Crippen molar-refractivity contribution < 1.29 is 4.79 Å². The molecule has 2 fully saturated rings. The third-order valence-electron chi connectivity index (χ3n) is 4.83. The number of likely N-dealkylation sites (tertiary alicyclic amines) is 2. The van der Waals surface area contributed by atoms with Crippen molar-refractivity contribution in [2.75, 3.05) is 33.2 Å². The molecular weight excluding hydrogens is 250 g/mol. The molecule has 0 aromatic rings. The zero-order chi connectivity index (χ0) is 14.8. The number of carbonyl (C=O) groups is 1. The number of rotatable bonds is 4. The van der Waals surface area contributed by atoms with Gasteiger partial charge in [-0.2, -0.15) is 0 Å². The summed E-state index contributed by atoms with van der Waals surface area (Å²) in [6.07, 6.45) is 4.53. The largest absolute Gasteiger partial charge is 0.341 e. The van der Waals surface area contributed by atoms with Crippen LogP contribution in [0.1, 0.15) is 46.5 Å². The summed E-state index contributed by atoms with van der Waals surface area (Å²) in [5.74, 6) is 0.324. The molecule has 4 heteroatoms. The topological polar surface area (TPSA) is 35.6 Å². The van der Waals surface area contributed by atoms with Crippen LogP contribution in [-0.4, -0.2) is 61.0 Å². The molecule has 0 aliphatic carbocycles. The van der Waals surface area contributed by atoms with Gasteiger partial charge < -0.3 is 15.1 Å². The minimum absolute atomic E-state index is 0.0404. The van der Waals surface area contributed by atoms with Crippen molar-refractivity contribution in [1.29, 1.82) is 0 Å². The molecule has 20 heavy (non-hydrogen) atoms. The molecule has 0 bridgehead atoms. The summed E-state index contributed by atoms with van der Waals surface area (Å²) in [7, 11) is 2.19. The third kappa shape index (κ3) is 3.95. The molecule has 1 atom stereocenters. The SMILES string of the molecule is CC(C)NC1CCCN(CC2(C)CCN(C)CC2)C1=O. The lowest BCUT2D eigenvalue weighted by Gasteiger charge is -2.43. The van der Waals surface area contributed by atoms with Gasteiger partial charge in [0.2, 0.25) is 5.91 Å². The summed E-state index contributed by atoms with van der Waals surface area (Å²) >= 11 is 0. The molecule has 2 aliphatic rings. The average molecular weight is 281 g/mol. The molecule has 1 amide bonds. The molecule has 1 unspecified atom stereocenters. The number of nitrogens with one attached hydrogen (secondary N) is 1. The van der Waals surface area contributed by atoms with E-state index in [0.29, 0.717) is 17.4 Å². The average Bonchev–Trinajstić information content (AvgIpc) is 2.38. The first-order valence-corrected chi connectivity index (χ1v) is 8.13. The van der Waals surface area contributed by atoms with Gasteiger partial charge in [0.05, 0.1) is 6.04 Å². The first-order chi connectivity index (χ1) is 9.39. The van der Waals surface area contributed by atoms with E-state index in [1.807, 2.05) is 0 Å². The van der Waals surface area contributed by atoms with E-state index in [9.17, 15) is 4.79 Å². The van der Waals surface area contributed by atoms with Crippen LogP contribution in [0.15, 0.2) is 0 Å². The van der Waals surface area contributed by atoms with Crippen LogP contribution < -0.4 is 5.32 Å². The summed E-state index contributed by atoms with van der Waals surface area (Å²) in [6.45, 7) is 10.8. The van der Waals surface area contributed by atoms with Crippen LogP contribution in [0.5, 0.6) is 0 Å². The first-order valence-electron chi connectivity index (χ1n) is 8.13. The molecule has 2 rings (SSSR count). The predicted octanol–water partition coefficient (Wildman–Crippen LogP) is 1.71. The highest BCUT2D eigenvalue weighted by Gasteiger charge is 2.36. The Hall–Kier alpha value is -0.610. The van der Waals surface area contributed by atoms with Crippen molar-refractivity contribution in [1.82, 2.24) is 15.1 Å². The predicted molar refractivity (Wildman–Crippen MR) is 82.7 cm³/mol. The lowest BCUT2D eigenvalue weighted by atomic mass is 9.79. The fourth-order valence-corrected chi connectivity index (χ4v) is 3.43. The van der Waals surface area contributed by atoms with Gasteiger partial charge in [0, 0.05) is 19.1 Å². The highest BCUT2D eigenvalue weighted by molar-refractivity contribution is 5.82. The van der Waals surface area contributed by atoms with Crippen LogP contribution in [0.4, 0.5) is 0 Å². The van der Waals surface area contributed by atoms with Gasteiger partial charge in [-0.15, -0.1) is 0 Å². The zero-order valence-corrected chi connectivity index (χ0v) is 13.6. The second-order valence-corrected chi connectivity index (χ2v) is 7.39. The third-order valence-corrected chi connectivity index (χ3v) is 4.83. The number of amides is 1. The fourth-order valence-electron chi connectivity index (χ4n) is 3.43. The van der Waals surface area contributed by atoms with Crippen LogP contribution >= 0.6 is 0 Å². The normalized spacial score (nSPS) is 28.1. The number of carbonyl (C=O) groups excluding carboxylic acids is 1. The molecular formula is C16H31N3O. The molecule has 0 aromatic heterocycles. The molecule has 0 aromatic carbocycles. The van der Waals surface area contributed by atoms with E-state index in [1.54, 1.807) is 0 Å². The van der Waals surface area contributed by atoms with Crippen molar-refractivity contribution in [3.8, 4) is 0 Å². The Morgan fingerprint density at radius 2 is 1.95 bits per heavy atom. The van der Waals surface area contributed by atoms with E-state index in [2.05, 4.69) is 42.9 Å². The molecule has 1 N–H and O–H groups in total. The Bertz CT molecular complexity index is 335. The first kappa shape index (κ1) is 15.8. The number of hydrogen-bond donors (Lipinski definition) is 1. The van der Waals surface area contributed by atoms with Crippen LogP contribution in [0.3, 0.4) is 0 Å². The van der Waals surface area contributed by atoms with Gasteiger partial charge in [-0.3, -0.25) is 4.79 Å². The molecule has 0 spiro atoms. The van der Waals surface area contributed by atoms with Crippen molar-refractivity contribution in [2.24, 2.45) is 5.41 Å². The second-order valence-electron chi connectivity index (χ2n) is 7.39. The molecule has 2 heterocycles. The lowest BCUT2D eigenvalue weighted by Crippen LogP contribution is -2.55. The Labute approximate surface area is 123 Å². The van der Waals surface area contributed by atoms with Crippen LogP contribution in [0, 0.1) is 5.41 Å². The van der Waals surface area contributed by atoms with Gasteiger partial charge in [0.15, 0.2) is 0 Å². The Morgan fingerprint density at radius 3 is 2.55 bits per heavy atom. The summed E-state index contributed by atoms with van der Waals surface area (Å²) in [5, 5.41) is 3.42. The molecule has 0 saturated carbocycles. The summed E-state index contributed by atoms with van der Waals surface area (Å²) in [6, 6.07) is 0.418. The molecule has 116 valence electrons. The van der Waals surface area contributed by atoms with E-state index < -0.39 is 0 Å². The van der Waals surface area contributed by atoms with E-state index in [1.165, 1.54) is 12.8 Å². The van der Waals surface area contributed by atoms with Crippen molar-refractivity contribution >= 4 is 5.91 Å². The zero-order valence-electron chi connectivity index (χ0n) is 13.6. The van der Waals surface area contributed by atoms with E-state index in [0.717, 1.165) is 39.0 Å². The smallest absolute Gasteiger partial charge is 0.239 e. The van der Waals surface area contributed by atoms with E-state index in [-0.39, 0.29) is 6.04 Å². The second kappa shape index (κ2) is 6.44. The lowest BCUT2D eigenvalue weighted by molar-refractivity contribution is -0.138. The van der Waals surface area contributed by atoms with Crippen molar-refractivity contribution in [3.63, 3.8) is 0 Å². The maximum atomic E-state index is 12.6. The Kier molecular flexibility index (Phi) is 5.08. The van der Waals surface area contributed by atoms with Crippen molar-refractivity contribution in [2.45, 2.75) is 58.5 Å². The fraction of sp³-hybridized carbons (Fsp3) is 0.938. The molecule has 2 aliphatic heterocycles. The minimum Gasteiger partial charge on any atom is -0.341 e. The summed E-state index contributed by atoms with van der Waals surface area (Å²) < 4.78 is 0. The standard InChI is InChI=1S/C16H31N3O/c1-13(2)17-14-6-5-9-19(15(14)20)12-16(3)7-10-18(4)11-8-16/h13-14,17H,5-12H2,1-4H3. The highest BCUT2D eigenvalue weighted by Crippen LogP contribution is 2.32. The number of nitrogens with zero attached hydrogens (tertiary/aromatic N) is 2. The van der Waals surface area contributed by atoms with E-state index in [4.69, 9.17) is 0 Å². The molecule has 2 saturated heterocycles. The monoisotopic (exact) mass is 281 g/mol. The van der Waals surface area contributed by atoms with Gasteiger partial charge in [-0.05, 0) is 51.2 Å². The highest BCUT2D eigenvalue weighted by atomic mass is 16.2. The minimum atomic E-state index is 0.0404. The number of hydrogen-bond acceptors (Lipinski definition) is 3. The Morgan fingerprint density at radius 1 is 1.30 bits per heavy atom. The van der Waals surface area contributed by atoms with Crippen LogP contribution in [0.25, 0.3) is 0 Å². The van der Waals surface area contributed by atoms with Gasteiger partial charge in [0.1, 0.15) is 0 Å². The summed E-state index contributed by atoms with van der Waals surface area (Å²) in [4.78, 5) is 17.1. The van der Waals surface area contributed by atoms with Crippen LogP contribution in [0.2, 0.25) is 0 Å². The van der Waals surface area contributed by atoms with E-state index >= 15 is 0 Å².